The zero-order valence-corrected chi connectivity index (χ0v) is 14.8. The number of ether oxygens (including phenoxy) is 1. The van der Waals surface area contributed by atoms with Crippen LogP contribution in [-0.4, -0.2) is 12.3 Å². The van der Waals surface area contributed by atoms with Gasteiger partial charge in [-0.15, -0.1) is 25.6 Å². The minimum Gasteiger partial charge on any atom is -0.405 e. The number of para-hydroxylation sites is 1. The summed E-state index contributed by atoms with van der Waals surface area (Å²) < 4.78 is 41.2. The summed E-state index contributed by atoms with van der Waals surface area (Å²) in [6, 6.07) is 14.3. The fraction of sp³-hybridized carbons (Fsp3) is 0.278. The van der Waals surface area contributed by atoms with Crippen LogP contribution >= 0.6 is 12.4 Å². The number of carbonyl (C=O) groups excluding carboxylic acids is 1. The minimum atomic E-state index is -4.79. The molecule has 0 saturated heterocycles. The summed E-state index contributed by atoms with van der Waals surface area (Å²) in [6.07, 6.45) is -4.79. The SMILES string of the molecule is CC(C(=O)NCc1ccccc1OC(F)(F)F)C(N)c1ccccc1.Cl. The van der Waals surface area contributed by atoms with Crippen molar-refractivity contribution in [3.05, 3.63) is 65.7 Å². The van der Waals surface area contributed by atoms with Gasteiger partial charge in [0, 0.05) is 18.2 Å². The maximum atomic E-state index is 12.4. The summed E-state index contributed by atoms with van der Waals surface area (Å²) in [5.41, 5.74) is 7.13. The monoisotopic (exact) mass is 388 g/mol. The minimum absolute atomic E-state index is 0. The molecule has 0 radical (unpaired) electrons. The van der Waals surface area contributed by atoms with E-state index in [1.807, 2.05) is 30.3 Å². The number of hydrogen-bond acceptors (Lipinski definition) is 3. The number of amides is 1. The predicted octanol–water partition coefficient (Wildman–Crippen LogP) is 3.96. The van der Waals surface area contributed by atoms with E-state index in [4.69, 9.17) is 5.73 Å². The summed E-state index contributed by atoms with van der Waals surface area (Å²) >= 11 is 0. The standard InChI is InChI=1S/C18H19F3N2O2.ClH/c1-12(16(22)13-7-3-2-4-8-13)17(24)23-11-14-9-5-6-10-15(14)25-18(19,20)21;/h2-10,12,16H,11,22H2,1H3,(H,23,24);1H. The van der Waals surface area contributed by atoms with E-state index >= 15 is 0 Å². The molecule has 142 valence electrons. The molecular weight excluding hydrogens is 369 g/mol. The van der Waals surface area contributed by atoms with Crippen molar-refractivity contribution < 1.29 is 22.7 Å². The van der Waals surface area contributed by atoms with Crippen LogP contribution in [0.15, 0.2) is 54.6 Å². The van der Waals surface area contributed by atoms with E-state index in [1.165, 1.54) is 18.2 Å². The Morgan fingerprint density at radius 2 is 1.69 bits per heavy atom. The van der Waals surface area contributed by atoms with Gasteiger partial charge in [0.05, 0.1) is 5.92 Å². The summed E-state index contributed by atoms with van der Waals surface area (Å²) in [4.78, 5) is 12.3. The smallest absolute Gasteiger partial charge is 0.405 e. The van der Waals surface area contributed by atoms with Gasteiger partial charge in [-0.05, 0) is 11.6 Å². The first-order chi connectivity index (χ1) is 11.8. The van der Waals surface area contributed by atoms with Crippen molar-refractivity contribution in [3.8, 4) is 5.75 Å². The molecule has 2 aromatic rings. The predicted molar refractivity (Wildman–Crippen MR) is 94.8 cm³/mol. The third kappa shape index (κ3) is 6.24. The molecule has 2 unspecified atom stereocenters. The van der Waals surface area contributed by atoms with Crippen LogP contribution in [0, 0.1) is 5.92 Å². The lowest BCUT2D eigenvalue weighted by Crippen LogP contribution is -2.35. The molecule has 0 aliphatic rings. The largest absolute Gasteiger partial charge is 0.573 e. The van der Waals surface area contributed by atoms with Crippen molar-refractivity contribution >= 4 is 18.3 Å². The summed E-state index contributed by atoms with van der Waals surface area (Å²) in [7, 11) is 0. The fourth-order valence-electron chi connectivity index (χ4n) is 2.34. The first-order valence-corrected chi connectivity index (χ1v) is 7.70. The molecule has 8 heteroatoms. The highest BCUT2D eigenvalue weighted by Crippen LogP contribution is 2.26. The second-order valence-electron chi connectivity index (χ2n) is 5.60. The van der Waals surface area contributed by atoms with E-state index in [2.05, 4.69) is 10.1 Å². The lowest BCUT2D eigenvalue weighted by Gasteiger charge is -2.20. The summed E-state index contributed by atoms with van der Waals surface area (Å²) in [5, 5.41) is 2.61. The number of nitrogens with two attached hydrogens (primary N) is 1. The second-order valence-corrected chi connectivity index (χ2v) is 5.60. The van der Waals surface area contributed by atoms with Gasteiger partial charge in [0.1, 0.15) is 5.75 Å². The van der Waals surface area contributed by atoms with Gasteiger partial charge in [-0.3, -0.25) is 4.79 Å². The lowest BCUT2D eigenvalue weighted by molar-refractivity contribution is -0.274. The Bertz CT molecular complexity index is 711. The molecule has 3 N–H and O–H groups in total. The maximum absolute atomic E-state index is 12.4. The van der Waals surface area contributed by atoms with Gasteiger partial charge >= 0.3 is 6.36 Å². The van der Waals surface area contributed by atoms with Crippen LogP contribution in [0.4, 0.5) is 13.2 Å². The molecule has 0 aliphatic carbocycles. The molecule has 0 aliphatic heterocycles. The van der Waals surface area contributed by atoms with Crippen molar-refractivity contribution in [1.29, 1.82) is 0 Å². The Kier molecular flexibility index (Phi) is 7.92. The fourth-order valence-corrected chi connectivity index (χ4v) is 2.34. The van der Waals surface area contributed by atoms with Crippen LogP contribution in [0.3, 0.4) is 0 Å². The molecule has 0 heterocycles. The van der Waals surface area contributed by atoms with Gasteiger partial charge in [-0.1, -0.05) is 55.5 Å². The highest BCUT2D eigenvalue weighted by Gasteiger charge is 2.32. The topological polar surface area (TPSA) is 64.3 Å². The van der Waals surface area contributed by atoms with Crippen molar-refractivity contribution in [1.82, 2.24) is 5.32 Å². The molecule has 0 bridgehead atoms. The number of halogens is 4. The average molecular weight is 389 g/mol. The lowest BCUT2D eigenvalue weighted by atomic mass is 9.94. The number of nitrogens with one attached hydrogen (secondary N) is 1. The van der Waals surface area contributed by atoms with Crippen molar-refractivity contribution in [2.45, 2.75) is 25.9 Å². The molecule has 0 fully saturated rings. The number of alkyl halides is 3. The third-order valence-corrected chi connectivity index (χ3v) is 3.79. The Morgan fingerprint density at radius 3 is 2.31 bits per heavy atom. The molecule has 26 heavy (non-hydrogen) atoms. The van der Waals surface area contributed by atoms with Crippen LogP contribution in [0.2, 0.25) is 0 Å². The molecule has 2 atom stereocenters. The first kappa shape index (κ1) is 21.8. The molecule has 0 saturated carbocycles. The van der Waals surface area contributed by atoms with E-state index in [0.717, 1.165) is 5.56 Å². The molecule has 0 spiro atoms. The Hall–Kier alpha value is -2.25. The van der Waals surface area contributed by atoms with Gasteiger partial charge in [0.2, 0.25) is 5.91 Å². The van der Waals surface area contributed by atoms with Crippen molar-refractivity contribution in [3.63, 3.8) is 0 Å². The van der Waals surface area contributed by atoms with Gasteiger partial charge in [-0.25, -0.2) is 0 Å². The Labute approximate surface area is 155 Å². The maximum Gasteiger partial charge on any atom is 0.573 e. The van der Waals surface area contributed by atoms with Gasteiger partial charge in [0.25, 0.3) is 0 Å². The van der Waals surface area contributed by atoms with Crippen LogP contribution in [0.5, 0.6) is 5.75 Å². The number of benzene rings is 2. The molecule has 1 amide bonds. The average Bonchev–Trinajstić information content (AvgIpc) is 2.59. The third-order valence-electron chi connectivity index (χ3n) is 3.79. The second kappa shape index (κ2) is 9.45. The van der Waals surface area contributed by atoms with Crippen molar-refractivity contribution in [2.75, 3.05) is 0 Å². The van der Waals surface area contributed by atoms with Crippen LogP contribution in [-0.2, 0) is 11.3 Å². The van der Waals surface area contributed by atoms with Crippen molar-refractivity contribution in [2.24, 2.45) is 11.7 Å². The normalized spacial score (nSPS) is 13.3. The van der Waals surface area contributed by atoms with E-state index in [1.54, 1.807) is 13.0 Å². The van der Waals surface area contributed by atoms with Crippen LogP contribution in [0.1, 0.15) is 24.1 Å². The van der Waals surface area contributed by atoms with Crippen LogP contribution in [0.25, 0.3) is 0 Å². The van der Waals surface area contributed by atoms with E-state index in [-0.39, 0.29) is 36.2 Å². The zero-order valence-electron chi connectivity index (χ0n) is 14.0. The molecule has 4 nitrogen and oxygen atoms in total. The van der Waals surface area contributed by atoms with Gasteiger partial charge < -0.3 is 15.8 Å². The zero-order chi connectivity index (χ0) is 18.4. The number of hydrogen-bond donors (Lipinski definition) is 2. The molecular formula is C18H20ClF3N2O2. The highest BCUT2D eigenvalue weighted by molar-refractivity contribution is 5.85. The Morgan fingerprint density at radius 1 is 1.12 bits per heavy atom. The summed E-state index contributed by atoms with van der Waals surface area (Å²) in [5.74, 6) is -1.23. The molecule has 0 aromatic heterocycles. The molecule has 2 rings (SSSR count). The van der Waals surface area contributed by atoms with Gasteiger partial charge in [-0.2, -0.15) is 0 Å². The number of rotatable bonds is 6. The summed E-state index contributed by atoms with van der Waals surface area (Å²) in [6.45, 7) is 1.59. The highest BCUT2D eigenvalue weighted by atomic mass is 35.5. The quantitative estimate of drug-likeness (QED) is 0.787. The molecule has 2 aromatic carbocycles. The van der Waals surface area contributed by atoms with E-state index in [0.29, 0.717) is 0 Å². The van der Waals surface area contributed by atoms with E-state index < -0.39 is 18.3 Å². The van der Waals surface area contributed by atoms with E-state index in [9.17, 15) is 18.0 Å². The number of carbonyl (C=O) groups is 1. The van der Waals surface area contributed by atoms with Crippen LogP contribution < -0.4 is 15.8 Å². The first-order valence-electron chi connectivity index (χ1n) is 7.70. The Balaban J connectivity index is 0.00000338. The van der Waals surface area contributed by atoms with Gasteiger partial charge in [0.15, 0.2) is 0 Å².